The van der Waals surface area contributed by atoms with Crippen LogP contribution in [0.3, 0.4) is 0 Å². The number of H-pyrrole nitrogens is 1. The van der Waals surface area contributed by atoms with Gasteiger partial charge in [-0.25, -0.2) is 0 Å². The number of benzene rings is 1. The highest BCUT2D eigenvalue weighted by Gasteiger charge is 2.31. The fourth-order valence-electron chi connectivity index (χ4n) is 3.35. The van der Waals surface area contributed by atoms with Gasteiger partial charge in [0.25, 0.3) is 0 Å². The second-order valence-electron chi connectivity index (χ2n) is 8.13. The Hall–Kier alpha value is -4.46. The van der Waals surface area contributed by atoms with E-state index in [1.165, 1.54) is 6.92 Å². The highest BCUT2D eigenvalue weighted by atomic mass is 16.4. The maximum Gasteiger partial charge on any atom is 0.325 e. The van der Waals surface area contributed by atoms with Gasteiger partial charge < -0.3 is 42.6 Å². The predicted octanol–water partition coefficient (Wildman–Crippen LogP) is -2.05. The number of amides is 4. The molecule has 4 amide bonds. The number of carbonyl (C=O) groups excluding carboxylic acids is 4. The topological polar surface area (TPSA) is 247 Å². The number of carboxylic acids is 2. The molecule has 2 aromatic rings. The summed E-state index contributed by atoms with van der Waals surface area (Å²) in [6, 6.07) is 1.50. The molecule has 4 atom stereocenters. The number of fused-ring (bicyclic) bond motifs is 1. The SMILES string of the molecule is CC(NC(=O)C(CC(N)=O)NC(=O)C(Cc1c[nH]c2ccccc12)NC(=O)C(N)CC(=O)O)C(=O)O. The number of nitrogens with one attached hydrogen (secondary N) is 4. The van der Waals surface area contributed by atoms with Crippen molar-refractivity contribution < 1.29 is 39.0 Å². The van der Waals surface area contributed by atoms with Crippen molar-refractivity contribution in [2.75, 3.05) is 0 Å². The molecule has 0 fully saturated rings. The van der Waals surface area contributed by atoms with Gasteiger partial charge in [-0.3, -0.25) is 28.8 Å². The van der Waals surface area contributed by atoms with Gasteiger partial charge in [-0.15, -0.1) is 0 Å². The van der Waals surface area contributed by atoms with Gasteiger partial charge in [-0.2, -0.15) is 0 Å². The first kappa shape index (κ1) is 27.8. The van der Waals surface area contributed by atoms with Crippen LogP contribution >= 0.6 is 0 Å². The average Bonchev–Trinajstić information content (AvgIpc) is 3.20. The van der Waals surface area contributed by atoms with E-state index < -0.39 is 72.6 Å². The molecule has 0 bridgehead atoms. The van der Waals surface area contributed by atoms with Crippen molar-refractivity contribution in [1.82, 2.24) is 20.9 Å². The lowest BCUT2D eigenvalue weighted by Gasteiger charge is -2.24. The molecule has 14 nitrogen and oxygen atoms in total. The Kier molecular flexibility index (Phi) is 9.50. The summed E-state index contributed by atoms with van der Waals surface area (Å²) in [4.78, 5) is 74.7. The van der Waals surface area contributed by atoms with E-state index in [9.17, 15) is 28.8 Å². The molecule has 0 saturated carbocycles. The fourth-order valence-corrected chi connectivity index (χ4v) is 3.35. The van der Waals surface area contributed by atoms with Crippen molar-refractivity contribution >= 4 is 46.5 Å². The second kappa shape index (κ2) is 12.3. The largest absolute Gasteiger partial charge is 0.481 e. The highest BCUT2D eigenvalue weighted by Crippen LogP contribution is 2.19. The molecule has 0 aliphatic rings. The van der Waals surface area contributed by atoms with E-state index in [2.05, 4.69) is 20.9 Å². The molecule has 2 rings (SSSR count). The molecule has 0 aliphatic heterocycles. The summed E-state index contributed by atoms with van der Waals surface area (Å²) in [5.41, 5.74) is 12.2. The summed E-state index contributed by atoms with van der Waals surface area (Å²) in [6.45, 7) is 1.19. The quantitative estimate of drug-likeness (QED) is 0.149. The molecular weight excluding hydrogens is 476 g/mol. The third kappa shape index (κ3) is 7.80. The lowest BCUT2D eigenvalue weighted by molar-refractivity contribution is -0.142. The summed E-state index contributed by atoms with van der Waals surface area (Å²) in [5, 5.41) is 25.5. The Morgan fingerprint density at radius 3 is 2.14 bits per heavy atom. The summed E-state index contributed by atoms with van der Waals surface area (Å²) < 4.78 is 0. The molecule has 1 heterocycles. The van der Waals surface area contributed by atoms with Crippen LogP contribution in [-0.4, -0.2) is 74.9 Å². The zero-order valence-corrected chi connectivity index (χ0v) is 19.3. The van der Waals surface area contributed by atoms with E-state index in [-0.39, 0.29) is 6.42 Å². The summed E-state index contributed by atoms with van der Waals surface area (Å²) in [6.07, 6.45) is 0.206. The van der Waals surface area contributed by atoms with Crippen LogP contribution in [0.2, 0.25) is 0 Å². The van der Waals surface area contributed by atoms with Crippen molar-refractivity contribution in [3.63, 3.8) is 0 Å². The van der Waals surface area contributed by atoms with Crippen molar-refractivity contribution in [1.29, 1.82) is 0 Å². The summed E-state index contributed by atoms with van der Waals surface area (Å²) in [7, 11) is 0. The number of aromatic nitrogens is 1. The molecular formula is C22H28N6O8. The van der Waals surface area contributed by atoms with Gasteiger partial charge in [0.05, 0.1) is 18.9 Å². The third-order valence-corrected chi connectivity index (χ3v) is 5.23. The minimum atomic E-state index is -1.54. The van der Waals surface area contributed by atoms with Gasteiger partial charge in [0.2, 0.25) is 23.6 Å². The van der Waals surface area contributed by atoms with Crippen LogP contribution < -0.4 is 27.4 Å². The van der Waals surface area contributed by atoms with Crippen LogP contribution in [0.15, 0.2) is 30.5 Å². The normalized spacial score (nSPS) is 14.2. The van der Waals surface area contributed by atoms with E-state index >= 15 is 0 Å². The number of hydrogen-bond acceptors (Lipinski definition) is 7. The summed E-state index contributed by atoms with van der Waals surface area (Å²) >= 11 is 0. The van der Waals surface area contributed by atoms with E-state index in [1.54, 1.807) is 30.5 Å². The van der Waals surface area contributed by atoms with E-state index in [0.29, 0.717) is 5.56 Å². The van der Waals surface area contributed by atoms with Gasteiger partial charge in [-0.1, -0.05) is 18.2 Å². The average molecular weight is 505 g/mol. The molecule has 4 unspecified atom stereocenters. The number of carbonyl (C=O) groups is 6. The van der Waals surface area contributed by atoms with Crippen molar-refractivity contribution in [2.45, 2.75) is 50.4 Å². The molecule has 1 aromatic heterocycles. The van der Waals surface area contributed by atoms with Gasteiger partial charge in [0, 0.05) is 23.5 Å². The molecule has 14 heteroatoms. The minimum Gasteiger partial charge on any atom is -0.481 e. The number of aliphatic carboxylic acids is 2. The maximum atomic E-state index is 13.2. The Morgan fingerprint density at radius 2 is 1.53 bits per heavy atom. The number of carboxylic acid groups (broad SMARTS) is 2. The van der Waals surface area contributed by atoms with Crippen LogP contribution in [0.25, 0.3) is 10.9 Å². The Labute approximate surface area is 204 Å². The molecule has 0 saturated heterocycles. The molecule has 194 valence electrons. The first-order valence-corrected chi connectivity index (χ1v) is 10.8. The van der Waals surface area contributed by atoms with Gasteiger partial charge in [0.1, 0.15) is 18.1 Å². The lowest BCUT2D eigenvalue weighted by Crippen LogP contribution is -2.58. The first-order chi connectivity index (χ1) is 16.9. The summed E-state index contributed by atoms with van der Waals surface area (Å²) in [5.74, 6) is -6.41. The van der Waals surface area contributed by atoms with E-state index in [1.807, 2.05) is 0 Å². The Bertz CT molecular complexity index is 1160. The molecule has 0 spiro atoms. The monoisotopic (exact) mass is 504 g/mol. The van der Waals surface area contributed by atoms with Crippen LogP contribution in [-0.2, 0) is 35.2 Å². The van der Waals surface area contributed by atoms with Crippen molar-refractivity contribution in [3.05, 3.63) is 36.0 Å². The number of nitrogens with two attached hydrogens (primary N) is 2. The highest BCUT2D eigenvalue weighted by molar-refractivity contribution is 5.97. The number of rotatable bonds is 13. The van der Waals surface area contributed by atoms with Crippen LogP contribution in [0.1, 0.15) is 25.3 Å². The molecule has 1 aromatic carbocycles. The Morgan fingerprint density at radius 1 is 0.917 bits per heavy atom. The molecule has 36 heavy (non-hydrogen) atoms. The Balaban J connectivity index is 2.30. The molecule has 0 radical (unpaired) electrons. The van der Waals surface area contributed by atoms with E-state index in [4.69, 9.17) is 21.7 Å². The van der Waals surface area contributed by atoms with Crippen molar-refractivity contribution in [3.8, 4) is 0 Å². The van der Waals surface area contributed by atoms with Crippen LogP contribution in [0, 0.1) is 0 Å². The maximum absolute atomic E-state index is 13.2. The number of hydrogen-bond donors (Lipinski definition) is 8. The van der Waals surface area contributed by atoms with Crippen LogP contribution in [0.4, 0.5) is 0 Å². The fraction of sp³-hybridized carbons (Fsp3) is 0.364. The van der Waals surface area contributed by atoms with Gasteiger partial charge in [0.15, 0.2) is 0 Å². The number of primary amides is 1. The molecule has 0 aliphatic carbocycles. The number of para-hydroxylation sites is 1. The number of aromatic amines is 1. The minimum absolute atomic E-state index is 0.0855. The second-order valence-corrected chi connectivity index (χ2v) is 8.13. The zero-order chi connectivity index (χ0) is 27.0. The zero-order valence-electron chi connectivity index (χ0n) is 19.3. The first-order valence-electron chi connectivity index (χ1n) is 10.8. The van der Waals surface area contributed by atoms with Gasteiger partial charge in [-0.05, 0) is 18.6 Å². The van der Waals surface area contributed by atoms with Gasteiger partial charge >= 0.3 is 11.9 Å². The van der Waals surface area contributed by atoms with Crippen LogP contribution in [0.5, 0.6) is 0 Å². The van der Waals surface area contributed by atoms with E-state index in [0.717, 1.165) is 10.9 Å². The third-order valence-electron chi connectivity index (χ3n) is 5.23. The lowest BCUT2D eigenvalue weighted by atomic mass is 10.0. The molecule has 10 N–H and O–H groups in total. The predicted molar refractivity (Wildman–Crippen MR) is 125 cm³/mol. The van der Waals surface area contributed by atoms with Crippen molar-refractivity contribution in [2.24, 2.45) is 11.5 Å². The standard InChI is InChI=1S/C22H28N6O8/c1-10(22(35)36)26-20(33)16(8-17(24)29)28-21(34)15(27-19(32)13(23)7-18(30)31)6-11-9-25-14-5-3-2-4-12(11)14/h2-5,9-10,13,15-16,25H,6-8,23H2,1H3,(H2,24,29)(H,26,33)(H,27,32)(H,28,34)(H,30,31)(H,35,36). The smallest absolute Gasteiger partial charge is 0.325 e.